The first-order chi connectivity index (χ1) is 13.2. The maximum atomic E-state index is 11.4. The number of ether oxygens (including phenoxy) is 1. The maximum Gasteiger partial charge on any atom is 0.240 e. The van der Waals surface area contributed by atoms with E-state index in [1.54, 1.807) is 11.3 Å². The van der Waals surface area contributed by atoms with Crippen LogP contribution in [0.25, 0.3) is 21.6 Å². The molecule has 3 aromatic heterocycles. The zero-order valence-corrected chi connectivity index (χ0v) is 16.1. The van der Waals surface area contributed by atoms with Crippen molar-refractivity contribution in [3.63, 3.8) is 0 Å². The molecule has 1 amide bonds. The summed E-state index contributed by atoms with van der Waals surface area (Å²) in [6, 6.07) is 6.79. The minimum atomic E-state index is 0.141. The van der Waals surface area contributed by atoms with Crippen molar-refractivity contribution in [3.05, 3.63) is 29.4 Å². The second-order valence-electron chi connectivity index (χ2n) is 7.49. The van der Waals surface area contributed by atoms with Gasteiger partial charge in [-0.3, -0.25) is 4.79 Å². The summed E-state index contributed by atoms with van der Waals surface area (Å²) in [6.45, 7) is 3.41. The summed E-state index contributed by atoms with van der Waals surface area (Å²) in [6.07, 6.45) is 5.74. The molecule has 1 N–H and O–H groups in total. The van der Waals surface area contributed by atoms with Gasteiger partial charge < -0.3 is 14.6 Å². The average molecular weight is 382 g/mol. The van der Waals surface area contributed by atoms with Gasteiger partial charge in [0.1, 0.15) is 5.52 Å². The van der Waals surface area contributed by atoms with Gasteiger partial charge in [-0.25, -0.2) is 9.97 Å². The maximum absolute atomic E-state index is 11.4. The van der Waals surface area contributed by atoms with Gasteiger partial charge in [-0.05, 0) is 50.3 Å². The van der Waals surface area contributed by atoms with Gasteiger partial charge in [0.15, 0.2) is 0 Å². The summed E-state index contributed by atoms with van der Waals surface area (Å²) in [7, 11) is 0. The van der Waals surface area contributed by atoms with E-state index in [1.807, 2.05) is 6.33 Å². The van der Waals surface area contributed by atoms with Gasteiger partial charge in [-0.15, -0.1) is 11.3 Å². The Morgan fingerprint density at radius 2 is 2.26 bits per heavy atom. The molecule has 7 heteroatoms. The standard InChI is InChI=1S/C20H22N4O2S/c1-12-2-5-17(27-12)15-9-16-19(24(11-22-16)14-3-4-14)20(23-15)26-7-6-13-8-18(25)21-10-13/h2,5,9,11,13-14H,3-4,6-8,10H2,1H3,(H,21,25)/t13-/m1/s1. The van der Waals surface area contributed by atoms with Crippen LogP contribution in [0.4, 0.5) is 0 Å². The number of thiophene rings is 1. The second-order valence-corrected chi connectivity index (χ2v) is 8.77. The molecule has 1 aliphatic carbocycles. The van der Waals surface area contributed by atoms with Crippen LogP contribution in [-0.4, -0.2) is 33.6 Å². The van der Waals surface area contributed by atoms with E-state index in [4.69, 9.17) is 9.72 Å². The van der Waals surface area contributed by atoms with Crippen molar-refractivity contribution in [2.24, 2.45) is 5.92 Å². The minimum Gasteiger partial charge on any atom is -0.476 e. The van der Waals surface area contributed by atoms with Crippen molar-refractivity contribution in [1.29, 1.82) is 0 Å². The van der Waals surface area contributed by atoms with Crippen LogP contribution in [0, 0.1) is 12.8 Å². The Bertz CT molecular complexity index is 1000. The van der Waals surface area contributed by atoms with E-state index >= 15 is 0 Å². The number of nitrogens with zero attached hydrogens (tertiary/aromatic N) is 3. The number of hydrogen-bond acceptors (Lipinski definition) is 5. The highest BCUT2D eigenvalue weighted by molar-refractivity contribution is 7.15. The Hall–Kier alpha value is -2.41. The van der Waals surface area contributed by atoms with E-state index in [1.165, 1.54) is 17.7 Å². The molecule has 5 rings (SSSR count). The van der Waals surface area contributed by atoms with E-state index in [0.717, 1.165) is 34.6 Å². The van der Waals surface area contributed by atoms with Crippen LogP contribution >= 0.6 is 11.3 Å². The van der Waals surface area contributed by atoms with Gasteiger partial charge in [0, 0.05) is 23.9 Å². The Labute approximate surface area is 161 Å². The number of fused-ring (bicyclic) bond motifs is 1. The van der Waals surface area contributed by atoms with Gasteiger partial charge >= 0.3 is 0 Å². The molecule has 0 aromatic carbocycles. The number of amides is 1. The number of carbonyl (C=O) groups excluding carboxylic acids is 1. The van der Waals surface area contributed by atoms with Crippen LogP contribution < -0.4 is 10.1 Å². The predicted octanol–water partition coefficient (Wildman–Crippen LogP) is 3.71. The van der Waals surface area contributed by atoms with Gasteiger partial charge in [0.2, 0.25) is 11.8 Å². The third-order valence-corrected chi connectivity index (χ3v) is 6.30. The zero-order valence-electron chi connectivity index (χ0n) is 15.3. The fraction of sp³-hybridized carbons (Fsp3) is 0.450. The highest BCUT2D eigenvalue weighted by atomic mass is 32.1. The molecule has 2 fully saturated rings. The molecule has 140 valence electrons. The highest BCUT2D eigenvalue weighted by Gasteiger charge is 2.28. The monoisotopic (exact) mass is 382 g/mol. The molecule has 2 aliphatic rings. The third kappa shape index (κ3) is 3.32. The molecule has 0 unspecified atom stereocenters. The van der Waals surface area contributed by atoms with E-state index in [0.29, 0.717) is 30.9 Å². The topological polar surface area (TPSA) is 69.0 Å². The quantitative estimate of drug-likeness (QED) is 0.706. The van der Waals surface area contributed by atoms with Gasteiger partial charge in [-0.2, -0.15) is 0 Å². The van der Waals surface area contributed by atoms with Crippen molar-refractivity contribution in [2.75, 3.05) is 13.2 Å². The molecule has 0 radical (unpaired) electrons. The van der Waals surface area contributed by atoms with Crippen molar-refractivity contribution >= 4 is 28.3 Å². The number of pyridine rings is 1. The first kappa shape index (κ1) is 16.7. The van der Waals surface area contributed by atoms with Gasteiger partial charge in [0.05, 0.1) is 29.0 Å². The number of nitrogens with one attached hydrogen (secondary N) is 1. The molecule has 1 saturated heterocycles. The molecule has 4 heterocycles. The molecule has 1 atom stereocenters. The number of aryl methyl sites for hydroxylation is 1. The zero-order chi connectivity index (χ0) is 18.4. The summed E-state index contributed by atoms with van der Waals surface area (Å²) in [4.78, 5) is 23.2. The molecule has 6 nitrogen and oxygen atoms in total. The molecule has 1 aliphatic heterocycles. The lowest BCUT2D eigenvalue weighted by Gasteiger charge is -2.12. The van der Waals surface area contributed by atoms with E-state index in [9.17, 15) is 4.79 Å². The molecular weight excluding hydrogens is 360 g/mol. The Balaban J connectivity index is 1.45. The Kier molecular flexibility index (Phi) is 4.11. The van der Waals surface area contributed by atoms with E-state index < -0.39 is 0 Å². The molecule has 27 heavy (non-hydrogen) atoms. The summed E-state index contributed by atoms with van der Waals surface area (Å²) in [5.74, 6) is 1.15. The van der Waals surface area contributed by atoms with Crippen LogP contribution in [0.5, 0.6) is 5.88 Å². The van der Waals surface area contributed by atoms with E-state index in [2.05, 4.69) is 40.0 Å². The van der Waals surface area contributed by atoms with Crippen LogP contribution in [-0.2, 0) is 4.79 Å². The number of rotatable bonds is 6. The van der Waals surface area contributed by atoms with Crippen molar-refractivity contribution in [1.82, 2.24) is 19.9 Å². The number of aromatic nitrogens is 3. The SMILES string of the molecule is Cc1ccc(-c2cc3ncn(C4CC4)c3c(OCC[C@H]3CNC(=O)C3)n2)s1. The Morgan fingerprint density at radius 1 is 1.37 bits per heavy atom. The lowest BCUT2D eigenvalue weighted by Crippen LogP contribution is -2.14. The molecule has 3 aromatic rings. The third-order valence-electron chi connectivity index (χ3n) is 5.28. The van der Waals surface area contributed by atoms with Crippen molar-refractivity contribution in [2.45, 2.75) is 38.6 Å². The van der Waals surface area contributed by atoms with Crippen LogP contribution in [0.15, 0.2) is 24.5 Å². The lowest BCUT2D eigenvalue weighted by atomic mass is 10.1. The van der Waals surface area contributed by atoms with Crippen LogP contribution in [0.1, 0.15) is 36.6 Å². The van der Waals surface area contributed by atoms with E-state index in [-0.39, 0.29) is 5.91 Å². The van der Waals surface area contributed by atoms with Crippen molar-refractivity contribution in [3.8, 4) is 16.5 Å². The van der Waals surface area contributed by atoms with Crippen LogP contribution in [0.3, 0.4) is 0 Å². The smallest absolute Gasteiger partial charge is 0.240 e. The average Bonchev–Trinajstić information content (AvgIpc) is 3.05. The van der Waals surface area contributed by atoms with Crippen molar-refractivity contribution < 1.29 is 9.53 Å². The molecular formula is C20H22N4O2S. The first-order valence-electron chi connectivity index (χ1n) is 9.51. The number of imidazole rings is 1. The largest absolute Gasteiger partial charge is 0.476 e. The normalized spacial score (nSPS) is 19.6. The molecule has 0 spiro atoms. The van der Waals surface area contributed by atoms with Gasteiger partial charge in [0.25, 0.3) is 0 Å². The molecule has 1 saturated carbocycles. The fourth-order valence-corrected chi connectivity index (χ4v) is 4.47. The second kappa shape index (κ2) is 6.64. The van der Waals surface area contributed by atoms with Gasteiger partial charge in [-0.1, -0.05) is 0 Å². The van der Waals surface area contributed by atoms with Crippen LogP contribution in [0.2, 0.25) is 0 Å². The fourth-order valence-electron chi connectivity index (χ4n) is 3.65. The predicted molar refractivity (Wildman–Crippen MR) is 105 cm³/mol. The summed E-state index contributed by atoms with van der Waals surface area (Å²) in [5, 5.41) is 2.89. The number of hydrogen-bond donors (Lipinski definition) is 1. The highest BCUT2D eigenvalue weighted by Crippen LogP contribution is 2.40. The first-order valence-corrected chi connectivity index (χ1v) is 10.3. The summed E-state index contributed by atoms with van der Waals surface area (Å²) in [5.41, 5.74) is 2.84. The lowest BCUT2D eigenvalue weighted by molar-refractivity contribution is -0.119. The Morgan fingerprint density at radius 3 is 2.96 bits per heavy atom. The molecule has 0 bridgehead atoms. The summed E-state index contributed by atoms with van der Waals surface area (Å²) < 4.78 is 8.37. The minimum absolute atomic E-state index is 0.141. The number of carbonyl (C=O) groups is 1. The summed E-state index contributed by atoms with van der Waals surface area (Å²) >= 11 is 1.73.